The number of rotatable bonds is 4. The van der Waals surface area contributed by atoms with E-state index in [9.17, 15) is 0 Å². The zero-order valence-electron chi connectivity index (χ0n) is 14.1. The highest BCUT2D eigenvalue weighted by Gasteiger charge is 2.33. The second kappa shape index (κ2) is 6.04. The van der Waals surface area contributed by atoms with Gasteiger partial charge in [-0.05, 0) is 31.5 Å². The van der Waals surface area contributed by atoms with E-state index in [1.54, 1.807) is 0 Å². The molecule has 0 N–H and O–H groups in total. The van der Waals surface area contributed by atoms with Gasteiger partial charge in [0, 0.05) is 45.3 Å². The molecule has 3 heterocycles. The van der Waals surface area contributed by atoms with Gasteiger partial charge in [-0.25, -0.2) is 0 Å². The predicted octanol–water partition coefficient (Wildman–Crippen LogP) is 1.65. The first-order chi connectivity index (χ1) is 11.6. The second-order valence-electron chi connectivity index (χ2n) is 6.95. The molecule has 1 unspecified atom stereocenters. The largest absolute Gasteiger partial charge is 0.342 e. The maximum atomic E-state index is 9.10. The van der Waals surface area contributed by atoms with Gasteiger partial charge in [-0.1, -0.05) is 5.16 Å². The summed E-state index contributed by atoms with van der Waals surface area (Å²) < 4.78 is 7.42. The van der Waals surface area contributed by atoms with Gasteiger partial charge in [0.25, 0.3) is 0 Å². The molecule has 0 spiro atoms. The quantitative estimate of drug-likeness (QED) is 0.850. The lowest BCUT2D eigenvalue weighted by Crippen LogP contribution is -2.46. The molecule has 2 aromatic heterocycles. The number of hydrogen-bond acceptors (Lipinski definition) is 6. The summed E-state index contributed by atoms with van der Waals surface area (Å²) in [5, 5.41) is 13.2. The second-order valence-corrected chi connectivity index (χ2v) is 6.95. The minimum absolute atomic E-state index is 0.137. The van der Waals surface area contributed by atoms with E-state index < -0.39 is 0 Å². The number of nitriles is 1. The fourth-order valence-corrected chi connectivity index (χ4v) is 3.32. The van der Waals surface area contributed by atoms with E-state index >= 15 is 0 Å². The first-order valence-corrected chi connectivity index (χ1v) is 8.45. The van der Waals surface area contributed by atoms with Crippen LogP contribution < -0.4 is 0 Å². The summed E-state index contributed by atoms with van der Waals surface area (Å²) in [6, 6.07) is 4.32. The fourth-order valence-electron chi connectivity index (χ4n) is 3.32. The third kappa shape index (κ3) is 2.95. The van der Waals surface area contributed by atoms with Gasteiger partial charge in [0.15, 0.2) is 5.82 Å². The summed E-state index contributed by atoms with van der Waals surface area (Å²) in [5.74, 6) is 2.12. The number of hydrogen-bond donors (Lipinski definition) is 0. The molecule has 2 aromatic rings. The Hall–Kier alpha value is -2.17. The molecule has 2 aliphatic rings. The van der Waals surface area contributed by atoms with Gasteiger partial charge >= 0.3 is 0 Å². The molecule has 7 nitrogen and oxygen atoms in total. The lowest BCUT2D eigenvalue weighted by Gasteiger charge is -2.37. The SMILES string of the molecule is CN1CCN(Cc2cc(C#N)n(C)c2)CC1c1nc(C2CC2)no1. The van der Waals surface area contributed by atoms with Crippen molar-refractivity contribution in [2.75, 3.05) is 26.7 Å². The van der Waals surface area contributed by atoms with Crippen molar-refractivity contribution in [2.45, 2.75) is 31.3 Å². The highest BCUT2D eigenvalue weighted by molar-refractivity contribution is 5.28. The third-order valence-electron chi connectivity index (χ3n) is 5.00. The van der Waals surface area contributed by atoms with Crippen LogP contribution in [0.5, 0.6) is 0 Å². The summed E-state index contributed by atoms with van der Waals surface area (Å²) in [6.45, 7) is 3.65. The Morgan fingerprint density at radius 1 is 1.33 bits per heavy atom. The zero-order chi connectivity index (χ0) is 16.7. The fraction of sp³-hybridized carbons (Fsp3) is 0.588. The van der Waals surface area contributed by atoms with E-state index in [1.165, 1.54) is 18.4 Å². The standard InChI is InChI=1S/C17H22N6O/c1-21-5-6-23(10-12-7-14(8-18)22(2)9-12)11-15(21)17-19-16(20-24-17)13-3-4-13/h7,9,13,15H,3-6,10-11H2,1-2H3. The topological polar surface area (TPSA) is 74.1 Å². The van der Waals surface area contributed by atoms with Crippen LogP contribution >= 0.6 is 0 Å². The van der Waals surface area contributed by atoms with E-state index in [0.717, 1.165) is 37.9 Å². The van der Waals surface area contributed by atoms with Crippen molar-refractivity contribution in [3.8, 4) is 6.07 Å². The highest BCUT2D eigenvalue weighted by atomic mass is 16.5. The Balaban J connectivity index is 1.46. The molecule has 7 heteroatoms. The van der Waals surface area contributed by atoms with E-state index in [4.69, 9.17) is 9.78 Å². The number of aryl methyl sites for hydroxylation is 1. The number of nitrogens with zero attached hydrogens (tertiary/aromatic N) is 6. The Bertz CT molecular complexity index is 768. The van der Waals surface area contributed by atoms with Crippen LogP contribution in [-0.2, 0) is 13.6 Å². The molecular weight excluding hydrogens is 304 g/mol. The molecule has 2 fully saturated rings. The average molecular weight is 326 g/mol. The summed E-state index contributed by atoms with van der Waals surface area (Å²) in [6.07, 6.45) is 4.39. The average Bonchev–Trinajstić information content (AvgIpc) is 3.20. The van der Waals surface area contributed by atoms with E-state index in [1.807, 2.05) is 23.9 Å². The van der Waals surface area contributed by atoms with Crippen LogP contribution in [0.4, 0.5) is 0 Å². The summed E-state index contributed by atoms with van der Waals surface area (Å²) in [5.41, 5.74) is 1.86. The third-order valence-corrected chi connectivity index (χ3v) is 5.00. The molecule has 0 radical (unpaired) electrons. The van der Waals surface area contributed by atoms with Gasteiger partial charge in [0.2, 0.25) is 5.89 Å². The maximum absolute atomic E-state index is 9.10. The Morgan fingerprint density at radius 3 is 2.88 bits per heavy atom. The van der Waals surface area contributed by atoms with Crippen molar-refractivity contribution in [3.05, 3.63) is 35.2 Å². The van der Waals surface area contributed by atoms with Crippen molar-refractivity contribution in [3.63, 3.8) is 0 Å². The Morgan fingerprint density at radius 2 is 2.17 bits per heavy atom. The van der Waals surface area contributed by atoms with Crippen LogP contribution in [0, 0.1) is 11.3 Å². The van der Waals surface area contributed by atoms with E-state index in [-0.39, 0.29) is 6.04 Å². The molecule has 0 aromatic carbocycles. The van der Waals surface area contributed by atoms with Crippen LogP contribution in [0.2, 0.25) is 0 Å². The van der Waals surface area contributed by atoms with Crippen molar-refractivity contribution < 1.29 is 4.52 Å². The lowest BCUT2D eigenvalue weighted by molar-refractivity contribution is 0.0714. The van der Waals surface area contributed by atoms with Crippen LogP contribution in [0.3, 0.4) is 0 Å². The normalized spacial score (nSPS) is 22.6. The van der Waals surface area contributed by atoms with Crippen molar-refractivity contribution in [1.82, 2.24) is 24.5 Å². The zero-order valence-corrected chi connectivity index (χ0v) is 14.1. The van der Waals surface area contributed by atoms with Gasteiger partial charge < -0.3 is 9.09 Å². The summed E-state index contributed by atoms with van der Waals surface area (Å²) in [4.78, 5) is 9.30. The molecule has 0 amide bonds. The highest BCUT2D eigenvalue weighted by Crippen LogP contribution is 2.38. The molecule has 1 atom stereocenters. The Kier molecular flexibility index (Phi) is 3.87. The lowest BCUT2D eigenvalue weighted by atomic mass is 10.1. The maximum Gasteiger partial charge on any atom is 0.245 e. The number of piperazine rings is 1. The summed E-state index contributed by atoms with van der Waals surface area (Å²) in [7, 11) is 4.02. The molecule has 126 valence electrons. The van der Waals surface area contributed by atoms with Gasteiger partial charge in [0.05, 0.1) is 0 Å². The van der Waals surface area contributed by atoms with Crippen LogP contribution in [0.15, 0.2) is 16.8 Å². The van der Waals surface area contributed by atoms with E-state index in [0.29, 0.717) is 11.6 Å². The molecule has 1 aliphatic carbocycles. The van der Waals surface area contributed by atoms with E-state index in [2.05, 4.69) is 33.1 Å². The monoisotopic (exact) mass is 326 g/mol. The Labute approximate surface area is 141 Å². The van der Waals surface area contributed by atoms with Crippen LogP contribution in [0.1, 0.15) is 47.8 Å². The van der Waals surface area contributed by atoms with Gasteiger partial charge in [-0.15, -0.1) is 0 Å². The van der Waals surface area contributed by atoms with Crippen molar-refractivity contribution >= 4 is 0 Å². The summed E-state index contributed by atoms with van der Waals surface area (Å²) >= 11 is 0. The first-order valence-electron chi connectivity index (χ1n) is 8.45. The van der Waals surface area contributed by atoms with Gasteiger partial charge in [-0.3, -0.25) is 9.80 Å². The number of likely N-dealkylation sites (N-methyl/N-ethyl adjacent to an activating group) is 1. The van der Waals surface area contributed by atoms with Gasteiger partial charge in [0.1, 0.15) is 17.8 Å². The van der Waals surface area contributed by atoms with Crippen molar-refractivity contribution in [1.29, 1.82) is 5.26 Å². The minimum Gasteiger partial charge on any atom is -0.342 e. The first kappa shape index (κ1) is 15.4. The molecule has 1 saturated carbocycles. The van der Waals surface area contributed by atoms with Gasteiger partial charge in [-0.2, -0.15) is 10.2 Å². The molecule has 1 saturated heterocycles. The van der Waals surface area contributed by atoms with Crippen molar-refractivity contribution in [2.24, 2.45) is 7.05 Å². The molecule has 24 heavy (non-hydrogen) atoms. The predicted molar refractivity (Wildman–Crippen MR) is 87.0 cm³/mol. The molecule has 4 rings (SSSR count). The minimum atomic E-state index is 0.137. The molecule has 0 bridgehead atoms. The van der Waals surface area contributed by atoms with Crippen LogP contribution in [-0.4, -0.2) is 51.2 Å². The smallest absolute Gasteiger partial charge is 0.245 e. The van der Waals surface area contributed by atoms with Crippen LogP contribution in [0.25, 0.3) is 0 Å². The molecule has 1 aliphatic heterocycles. The molecular formula is C17H22N6O. The number of aromatic nitrogens is 3.